The molecule has 0 spiro atoms. The molecule has 0 saturated heterocycles. The third-order valence-corrected chi connectivity index (χ3v) is 4.07. The summed E-state index contributed by atoms with van der Waals surface area (Å²) in [5.74, 6) is 0. The topological polar surface area (TPSA) is 41.1 Å². The number of amides is 2. The Labute approximate surface area is 137 Å². The third-order valence-electron chi connectivity index (χ3n) is 3.13. The zero-order valence-electron chi connectivity index (χ0n) is 11.6. The van der Waals surface area contributed by atoms with E-state index in [1.54, 1.807) is 6.07 Å². The van der Waals surface area contributed by atoms with Crippen LogP contribution in [0.4, 0.5) is 10.5 Å². The first kappa shape index (κ1) is 15.9. The Morgan fingerprint density at radius 2 is 1.90 bits per heavy atom. The average Bonchev–Trinajstić information content (AvgIpc) is 2.46. The van der Waals surface area contributed by atoms with Gasteiger partial charge in [0.05, 0.1) is 0 Å². The van der Waals surface area contributed by atoms with E-state index >= 15 is 0 Å². The Balaban J connectivity index is 1.82. The van der Waals surface area contributed by atoms with Gasteiger partial charge >= 0.3 is 6.03 Å². The van der Waals surface area contributed by atoms with E-state index < -0.39 is 0 Å². The highest BCUT2D eigenvalue weighted by Gasteiger charge is 2.05. The maximum atomic E-state index is 11.8. The van der Waals surface area contributed by atoms with Crippen LogP contribution in [0.2, 0.25) is 5.02 Å². The molecule has 2 rings (SSSR count). The second kappa shape index (κ2) is 7.48. The fourth-order valence-electron chi connectivity index (χ4n) is 1.88. The van der Waals surface area contributed by atoms with Crippen LogP contribution in [0, 0.1) is 6.92 Å². The molecule has 0 bridgehead atoms. The summed E-state index contributed by atoms with van der Waals surface area (Å²) in [6.45, 7) is 2.45. The zero-order valence-corrected chi connectivity index (χ0v) is 14.0. The standard InChI is InChI=1S/C16H16BrClN2O/c1-11-14(18)3-2-4-15(11)20-16(21)19-10-9-12-5-7-13(17)8-6-12/h2-8H,9-10H2,1H3,(H2,19,20,21). The maximum Gasteiger partial charge on any atom is 0.319 e. The zero-order chi connectivity index (χ0) is 15.2. The first-order valence-electron chi connectivity index (χ1n) is 6.60. The predicted octanol–water partition coefficient (Wildman–Crippen LogP) is 4.78. The number of urea groups is 1. The molecule has 0 saturated carbocycles. The van der Waals surface area contributed by atoms with Crippen molar-refractivity contribution in [3.63, 3.8) is 0 Å². The lowest BCUT2D eigenvalue weighted by Crippen LogP contribution is -2.30. The summed E-state index contributed by atoms with van der Waals surface area (Å²) in [5.41, 5.74) is 2.77. The molecule has 2 amide bonds. The van der Waals surface area contributed by atoms with Crippen LogP contribution in [0.1, 0.15) is 11.1 Å². The number of halogens is 2. The number of benzene rings is 2. The minimum atomic E-state index is -0.225. The van der Waals surface area contributed by atoms with Crippen LogP contribution in [-0.4, -0.2) is 12.6 Å². The lowest BCUT2D eigenvalue weighted by atomic mass is 10.1. The molecule has 110 valence electrons. The molecule has 2 N–H and O–H groups in total. The average molecular weight is 368 g/mol. The first-order chi connectivity index (χ1) is 10.1. The van der Waals surface area contributed by atoms with Gasteiger partial charge in [-0.1, -0.05) is 45.7 Å². The minimum Gasteiger partial charge on any atom is -0.338 e. The van der Waals surface area contributed by atoms with Crippen molar-refractivity contribution in [2.75, 3.05) is 11.9 Å². The lowest BCUT2D eigenvalue weighted by molar-refractivity contribution is 0.252. The van der Waals surface area contributed by atoms with E-state index in [2.05, 4.69) is 26.6 Å². The Morgan fingerprint density at radius 3 is 2.62 bits per heavy atom. The molecule has 0 unspecified atom stereocenters. The molecule has 0 aliphatic heterocycles. The normalized spacial score (nSPS) is 10.2. The van der Waals surface area contributed by atoms with Gasteiger partial charge in [0.1, 0.15) is 0 Å². The highest BCUT2D eigenvalue weighted by atomic mass is 79.9. The van der Waals surface area contributed by atoms with Gasteiger partial charge in [-0.25, -0.2) is 4.79 Å². The van der Waals surface area contributed by atoms with E-state index in [1.165, 1.54) is 5.56 Å². The molecule has 0 radical (unpaired) electrons. The summed E-state index contributed by atoms with van der Waals surface area (Å²) in [4.78, 5) is 11.8. The molecule has 0 aliphatic rings. The molecule has 2 aromatic carbocycles. The molecule has 0 atom stereocenters. The van der Waals surface area contributed by atoms with E-state index in [4.69, 9.17) is 11.6 Å². The number of nitrogens with one attached hydrogen (secondary N) is 2. The fraction of sp³-hybridized carbons (Fsp3) is 0.188. The summed E-state index contributed by atoms with van der Waals surface area (Å²) in [6.07, 6.45) is 0.787. The lowest BCUT2D eigenvalue weighted by Gasteiger charge is -2.10. The van der Waals surface area contributed by atoms with Crippen molar-refractivity contribution in [1.82, 2.24) is 5.32 Å². The SMILES string of the molecule is Cc1c(Cl)cccc1NC(=O)NCCc1ccc(Br)cc1. The van der Waals surface area contributed by atoms with Gasteiger partial charge in [0.25, 0.3) is 0 Å². The van der Waals surface area contributed by atoms with Crippen molar-refractivity contribution < 1.29 is 4.79 Å². The third kappa shape index (κ3) is 4.76. The summed E-state index contributed by atoms with van der Waals surface area (Å²) >= 11 is 9.41. The van der Waals surface area contributed by atoms with E-state index in [1.807, 2.05) is 43.3 Å². The monoisotopic (exact) mass is 366 g/mol. The largest absolute Gasteiger partial charge is 0.338 e. The van der Waals surface area contributed by atoms with Crippen molar-refractivity contribution in [2.24, 2.45) is 0 Å². The summed E-state index contributed by atoms with van der Waals surface area (Å²) < 4.78 is 1.05. The first-order valence-corrected chi connectivity index (χ1v) is 7.78. The maximum absolute atomic E-state index is 11.8. The molecular weight excluding hydrogens is 352 g/mol. The van der Waals surface area contributed by atoms with Gasteiger partial charge < -0.3 is 10.6 Å². The fourth-order valence-corrected chi connectivity index (χ4v) is 2.32. The molecule has 0 aromatic heterocycles. The number of rotatable bonds is 4. The van der Waals surface area contributed by atoms with Crippen LogP contribution in [0.15, 0.2) is 46.9 Å². The molecule has 3 nitrogen and oxygen atoms in total. The molecule has 0 heterocycles. The van der Waals surface area contributed by atoms with Crippen molar-refractivity contribution in [3.05, 3.63) is 63.1 Å². The summed E-state index contributed by atoms with van der Waals surface area (Å²) in [7, 11) is 0. The number of hydrogen-bond acceptors (Lipinski definition) is 1. The highest BCUT2D eigenvalue weighted by molar-refractivity contribution is 9.10. The molecule has 2 aromatic rings. The smallest absolute Gasteiger partial charge is 0.319 e. The van der Waals surface area contributed by atoms with E-state index in [0.717, 1.165) is 22.1 Å². The molecule has 5 heteroatoms. The van der Waals surface area contributed by atoms with Gasteiger partial charge in [-0.15, -0.1) is 0 Å². The highest BCUT2D eigenvalue weighted by Crippen LogP contribution is 2.22. The predicted molar refractivity (Wildman–Crippen MR) is 91.1 cm³/mol. The number of carbonyl (C=O) groups is 1. The van der Waals surface area contributed by atoms with E-state index in [9.17, 15) is 4.79 Å². The summed E-state index contributed by atoms with van der Waals surface area (Å²) in [6, 6.07) is 13.3. The van der Waals surface area contributed by atoms with Crippen molar-refractivity contribution >= 4 is 39.2 Å². The van der Waals surface area contributed by atoms with E-state index in [0.29, 0.717) is 11.6 Å². The quantitative estimate of drug-likeness (QED) is 0.802. The van der Waals surface area contributed by atoms with Gasteiger partial charge in [0.15, 0.2) is 0 Å². The summed E-state index contributed by atoms with van der Waals surface area (Å²) in [5, 5.41) is 6.28. The van der Waals surface area contributed by atoms with Crippen LogP contribution in [0.3, 0.4) is 0 Å². The Bertz CT molecular complexity index is 629. The van der Waals surface area contributed by atoms with Crippen LogP contribution < -0.4 is 10.6 Å². The molecule has 21 heavy (non-hydrogen) atoms. The molecule has 0 aliphatic carbocycles. The molecular formula is C16H16BrClN2O. The number of anilines is 1. The van der Waals surface area contributed by atoms with Crippen molar-refractivity contribution in [2.45, 2.75) is 13.3 Å². The van der Waals surface area contributed by atoms with Crippen LogP contribution in [-0.2, 0) is 6.42 Å². The van der Waals surface area contributed by atoms with Gasteiger partial charge in [0, 0.05) is 21.7 Å². The van der Waals surface area contributed by atoms with Crippen molar-refractivity contribution in [3.8, 4) is 0 Å². The second-order valence-corrected chi connectivity index (χ2v) is 5.99. The number of hydrogen-bond donors (Lipinski definition) is 2. The van der Waals surface area contributed by atoms with Gasteiger partial charge in [-0.2, -0.15) is 0 Å². The Hall–Kier alpha value is -1.52. The molecule has 0 fully saturated rings. The van der Waals surface area contributed by atoms with Gasteiger partial charge in [-0.05, 0) is 48.7 Å². The van der Waals surface area contributed by atoms with Crippen LogP contribution >= 0.6 is 27.5 Å². The number of carbonyl (C=O) groups excluding carboxylic acids is 1. The minimum absolute atomic E-state index is 0.225. The van der Waals surface area contributed by atoms with Crippen molar-refractivity contribution in [1.29, 1.82) is 0 Å². The van der Waals surface area contributed by atoms with E-state index in [-0.39, 0.29) is 6.03 Å². The van der Waals surface area contributed by atoms with Gasteiger partial charge in [0.2, 0.25) is 0 Å². The second-order valence-electron chi connectivity index (χ2n) is 4.67. The Morgan fingerprint density at radius 1 is 1.19 bits per heavy atom. The van der Waals surface area contributed by atoms with Crippen LogP contribution in [0.5, 0.6) is 0 Å². The Kier molecular flexibility index (Phi) is 5.65. The van der Waals surface area contributed by atoms with Crippen LogP contribution in [0.25, 0.3) is 0 Å². The van der Waals surface area contributed by atoms with Gasteiger partial charge in [-0.3, -0.25) is 0 Å².